The molecule has 0 saturated carbocycles. The highest BCUT2D eigenvalue weighted by Crippen LogP contribution is 2.27. The molecular weight excluding hydrogens is 248 g/mol. The van der Waals surface area contributed by atoms with Crippen LogP contribution in [0.4, 0.5) is 0 Å². The number of rotatable bonds is 2. The Bertz CT molecular complexity index is 547. The molecule has 1 atom stereocenters. The second-order valence-corrected chi connectivity index (χ2v) is 5.21. The van der Waals surface area contributed by atoms with Crippen LogP contribution in [0.15, 0.2) is 30.5 Å². The van der Waals surface area contributed by atoms with E-state index in [9.17, 15) is 5.11 Å². The molecular formula is C14H15ClN2O. The van der Waals surface area contributed by atoms with Crippen LogP contribution in [0.25, 0.3) is 11.4 Å². The molecule has 2 aromatic rings. The average Bonchev–Trinajstić information content (AvgIpc) is 2.82. The molecule has 0 bridgehead atoms. The first-order valence-electron chi connectivity index (χ1n) is 6.19. The van der Waals surface area contributed by atoms with Gasteiger partial charge in [-0.1, -0.05) is 11.6 Å². The van der Waals surface area contributed by atoms with Crippen LogP contribution >= 0.6 is 11.6 Å². The lowest BCUT2D eigenvalue weighted by atomic mass is 9.97. The van der Waals surface area contributed by atoms with Gasteiger partial charge >= 0.3 is 0 Å². The second kappa shape index (κ2) is 4.75. The van der Waals surface area contributed by atoms with Crippen LogP contribution in [0.2, 0.25) is 5.02 Å². The van der Waals surface area contributed by atoms with Gasteiger partial charge in [-0.25, -0.2) is 4.98 Å². The summed E-state index contributed by atoms with van der Waals surface area (Å²) in [5.41, 5.74) is 2.30. The Morgan fingerprint density at radius 2 is 2.11 bits per heavy atom. The zero-order valence-corrected chi connectivity index (χ0v) is 10.8. The summed E-state index contributed by atoms with van der Waals surface area (Å²) in [6, 6.07) is 7.77. The van der Waals surface area contributed by atoms with E-state index in [0.29, 0.717) is 5.92 Å². The molecule has 0 radical (unpaired) electrons. The number of aromatic nitrogens is 2. The molecule has 1 aromatic carbocycles. The van der Waals surface area contributed by atoms with Gasteiger partial charge in [0.1, 0.15) is 5.82 Å². The maximum absolute atomic E-state index is 9.23. The van der Waals surface area contributed by atoms with Crippen LogP contribution in [0.5, 0.6) is 0 Å². The normalized spacial score (nSPS) is 18.7. The largest absolute Gasteiger partial charge is 0.396 e. The molecule has 18 heavy (non-hydrogen) atoms. The zero-order valence-electron chi connectivity index (χ0n) is 10.0. The second-order valence-electron chi connectivity index (χ2n) is 4.77. The minimum absolute atomic E-state index is 0.265. The van der Waals surface area contributed by atoms with E-state index < -0.39 is 0 Å². The van der Waals surface area contributed by atoms with Gasteiger partial charge < -0.3 is 9.67 Å². The summed E-state index contributed by atoms with van der Waals surface area (Å²) < 4.78 is 2.25. The van der Waals surface area contributed by atoms with Gasteiger partial charge in [0.05, 0.1) is 0 Å². The van der Waals surface area contributed by atoms with Gasteiger partial charge in [-0.2, -0.15) is 0 Å². The molecule has 0 spiro atoms. The Labute approximate surface area is 111 Å². The highest BCUT2D eigenvalue weighted by Gasteiger charge is 2.21. The number of aliphatic hydroxyl groups is 1. The Balaban J connectivity index is 1.96. The lowest BCUT2D eigenvalue weighted by Gasteiger charge is -2.23. The number of imidazole rings is 1. The summed E-state index contributed by atoms with van der Waals surface area (Å²) >= 11 is 5.90. The standard InChI is InChI=1S/C14H15ClN2O/c15-12-3-1-11(2-4-12)14-16-8-13-7-10(9-18)5-6-17(13)14/h1-4,8,10,18H,5-7,9H2. The lowest BCUT2D eigenvalue weighted by Crippen LogP contribution is -2.21. The number of benzene rings is 1. The van der Waals surface area contributed by atoms with Gasteiger partial charge in [-0.3, -0.25) is 0 Å². The molecule has 0 aliphatic carbocycles. The average molecular weight is 263 g/mol. The molecule has 2 heterocycles. The molecule has 1 aliphatic rings. The number of aliphatic hydroxyl groups excluding tert-OH is 1. The Kier molecular flexibility index (Phi) is 3.10. The molecule has 3 nitrogen and oxygen atoms in total. The fraction of sp³-hybridized carbons (Fsp3) is 0.357. The van der Waals surface area contributed by atoms with E-state index in [2.05, 4.69) is 9.55 Å². The van der Waals surface area contributed by atoms with E-state index in [-0.39, 0.29) is 6.61 Å². The maximum Gasteiger partial charge on any atom is 0.140 e. The van der Waals surface area contributed by atoms with Gasteiger partial charge in [0.25, 0.3) is 0 Å². The third-order valence-corrected chi connectivity index (χ3v) is 3.81. The van der Waals surface area contributed by atoms with E-state index >= 15 is 0 Å². The van der Waals surface area contributed by atoms with Crippen LogP contribution in [0, 0.1) is 5.92 Å². The van der Waals surface area contributed by atoms with Crippen LogP contribution < -0.4 is 0 Å². The first-order chi connectivity index (χ1) is 8.78. The molecule has 1 unspecified atom stereocenters. The first-order valence-corrected chi connectivity index (χ1v) is 6.57. The molecule has 1 N–H and O–H groups in total. The van der Waals surface area contributed by atoms with Gasteiger partial charge in [-0.05, 0) is 43.0 Å². The monoisotopic (exact) mass is 262 g/mol. The van der Waals surface area contributed by atoms with E-state index in [4.69, 9.17) is 11.6 Å². The van der Waals surface area contributed by atoms with Crippen molar-refractivity contribution >= 4 is 11.6 Å². The highest BCUT2D eigenvalue weighted by molar-refractivity contribution is 6.30. The number of hydrogen-bond acceptors (Lipinski definition) is 2. The predicted octanol–water partition coefficient (Wildman–Crippen LogP) is 2.76. The predicted molar refractivity (Wildman–Crippen MR) is 71.6 cm³/mol. The SMILES string of the molecule is OCC1CCn2c(cnc2-c2ccc(Cl)cc2)C1. The van der Waals surface area contributed by atoms with E-state index in [1.165, 1.54) is 5.69 Å². The molecule has 0 amide bonds. The summed E-state index contributed by atoms with van der Waals surface area (Å²) in [5.74, 6) is 1.38. The van der Waals surface area contributed by atoms with Crippen molar-refractivity contribution in [2.45, 2.75) is 19.4 Å². The minimum atomic E-state index is 0.265. The van der Waals surface area contributed by atoms with E-state index in [1.54, 1.807) is 0 Å². The lowest BCUT2D eigenvalue weighted by molar-refractivity contribution is 0.201. The molecule has 3 rings (SSSR count). The van der Waals surface area contributed by atoms with Crippen molar-refractivity contribution in [2.24, 2.45) is 5.92 Å². The third kappa shape index (κ3) is 2.04. The molecule has 94 valence electrons. The van der Waals surface area contributed by atoms with Crippen LogP contribution in [-0.4, -0.2) is 21.3 Å². The van der Waals surface area contributed by atoms with Crippen molar-refractivity contribution in [3.05, 3.63) is 41.2 Å². The van der Waals surface area contributed by atoms with Crippen molar-refractivity contribution in [3.8, 4) is 11.4 Å². The maximum atomic E-state index is 9.23. The van der Waals surface area contributed by atoms with Crippen molar-refractivity contribution in [2.75, 3.05) is 6.61 Å². The van der Waals surface area contributed by atoms with Crippen molar-refractivity contribution in [1.29, 1.82) is 0 Å². The smallest absolute Gasteiger partial charge is 0.140 e. The van der Waals surface area contributed by atoms with Crippen molar-refractivity contribution in [3.63, 3.8) is 0 Å². The van der Waals surface area contributed by atoms with Gasteiger partial charge in [0.15, 0.2) is 0 Å². The van der Waals surface area contributed by atoms with Crippen LogP contribution in [0.1, 0.15) is 12.1 Å². The Morgan fingerprint density at radius 3 is 2.83 bits per heavy atom. The van der Waals surface area contributed by atoms with Gasteiger partial charge in [0, 0.05) is 35.6 Å². The fourth-order valence-electron chi connectivity index (χ4n) is 2.52. The summed E-state index contributed by atoms with van der Waals surface area (Å²) in [6.07, 6.45) is 3.85. The number of hydrogen-bond donors (Lipinski definition) is 1. The highest BCUT2D eigenvalue weighted by atomic mass is 35.5. The number of nitrogens with zero attached hydrogens (tertiary/aromatic N) is 2. The van der Waals surface area contributed by atoms with Crippen LogP contribution in [-0.2, 0) is 13.0 Å². The van der Waals surface area contributed by atoms with Crippen molar-refractivity contribution < 1.29 is 5.11 Å². The molecule has 4 heteroatoms. The van der Waals surface area contributed by atoms with Gasteiger partial charge in [0.2, 0.25) is 0 Å². The summed E-state index contributed by atoms with van der Waals surface area (Å²) in [4.78, 5) is 4.50. The fourth-order valence-corrected chi connectivity index (χ4v) is 2.64. The molecule has 1 aliphatic heterocycles. The molecule has 1 aromatic heterocycles. The van der Waals surface area contributed by atoms with Crippen molar-refractivity contribution in [1.82, 2.24) is 9.55 Å². The minimum Gasteiger partial charge on any atom is -0.396 e. The van der Waals surface area contributed by atoms with Gasteiger partial charge in [-0.15, -0.1) is 0 Å². The summed E-state index contributed by atoms with van der Waals surface area (Å²) in [6.45, 7) is 1.19. The van der Waals surface area contributed by atoms with Crippen LogP contribution in [0.3, 0.4) is 0 Å². The zero-order chi connectivity index (χ0) is 12.5. The van der Waals surface area contributed by atoms with E-state index in [0.717, 1.165) is 35.8 Å². The first kappa shape index (κ1) is 11.8. The summed E-state index contributed by atoms with van der Waals surface area (Å²) in [5, 5.41) is 9.97. The summed E-state index contributed by atoms with van der Waals surface area (Å²) in [7, 11) is 0. The number of halogens is 1. The molecule has 0 fully saturated rings. The number of fused-ring (bicyclic) bond motifs is 1. The molecule has 0 saturated heterocycles. The quantitative estimate of drug-likeness (QED) is 0.904. The topological polar surface area (TPSA) is 38.0 Å². The third-order valence-electron chi connectivity index (χ3n) is 3.56. The Morgan fingerprint density at radius 1 is 1.33 bits per heavy atom. The van der Waals surface area contributed by atoms with E-state index in [1.807, 2.05) is 30.5 Å². The Hall–Kier alpha value is -1.32.